The van der Waals surface area contributed by atoms with Crippen molar-refractivity contribution >= 4 is 5.95 Å². The number of hydrogen-bond acceptors (Lipinski definition) is 6. The largest absolute Gasteiger partial charge is 0.490 e. The van der Waals surface area contributed by atoms with Crippen molar-refractivity contribution in [2.24, 2.45) is 0 Å². The molecule has 6 heteroatoms. The summed E-state index contributed by atoms with van der Waals surface area (Å²) < 4.78 is 12.0. The maximum atomic E-state index is 6.30. The van der Waals surface area contributed by atoms with Crippen LogP contribution in [0.3, 0.4) is 0 Å². The molecule has 0 bridgehead atoms. The predicted molar refractivity (Wildman–Crippen MR) is 119 cm³/mol. The topological polar surface area (TPSA) is 59.5 Å². The van der Waals surface area contributed by atoms with E-state index in [9.17, 15) is 0 Å². The van der Waals surface area contributed by atoms with E-state index in [4.69, 9.17) is 9.47 Å². The fraction of sp³-hybridized carbons (Fsp3) is 0.583. The maximum Gasteiger partial charge on any atom is 0.222 e. The third-order valence-electron chi connectivity index (χ3n) is 6.58. The van der Waals surface area contributed by atoms with Crippen LogP contribution in [-0.2, 0) is 10.2 Å². The van der Waals surface area contributed by atoms with E-state index in [1.165, 1.54) is 5.56 Å². The summed E-state index contributed by atoms with van der Waals surface area (Å²) in [6.45, 7) is 9.14. The van der Waals surface area contributed by atoms with Crippen molar-refractivity contribution in [3.63, 3.8) is 0 Å². The first kappa shape index (κ1) is 21.1. The average molecular weight is 411 g/mol. The lowest BCUT2D eigenvalue weighted by atomic mass is 9.74. The molecule has 1 N–H and O–H groups in total. The van der Waals surface area contributed by atoms with Crippen molar-refractivity contribution in [1.29, 1.82) is 0 Å². The molecule has 2 fully saturated rings. The zero-order chi connectivity index (χ0) is 20.8. The first-order valence-corrected chi connectivity index (χ1v) is 11.2. The standard InChI is InChI=1S/C24H34N4O2/c1-19(2)28-14-8-22(9-15-28)30-21-6-4-20(5-7-21)24(10-16-29-17-11-24)18-27-23-25-12-3-13-26-23/h3-7,12-13,19,22H,8-11,14-18H2,1-2H3,(H,25,26,27). The molecular formula is C24H34N4O2. The Bertz CT molecular complexity index is 768. The van der Waals surface area contributed by atoms with Crippen molar-refractivity contribution in [3.05, 3.63) is 48.3 Å². The van der Waals surface area contributed by atoms with Gasteiger partial charge in [0.05, 0.1) is 0 Å². The lowest BCUT2D eigenvalue weighted by Gasteiger charge is -2.38. The summed E-state index contributed by atoms with van der Waals surface area (Å²) in [6.07, 6.45) is 8.03. The number of nitrogens with one attached hydrogen (secondary N) is 1. The molecule has 1 aromatic heterocycles. The number of ether oxygens (including phenoxy) is 2. The Balaban J connectivity index is 1.40. The van der Waals surface area contributed by atoms with Crippen LogP contribution in [0.1, 0.15) is 45.1 Å². The minimum atomic E-state index is 0.0264. The molecule has 0 aliphatic carbocycles. The van der Waals surface area contributed by atoms with E-state index in [0.29, 0.717) is 18.1 Å². The third-order valence-corrected chi connectivity index (χ3v) is 6.58. The molecule has 3 heterocycles. The molecule has 30 heavy (non-hydrogen) atoms. The zero-order valence-electron chi connectivity index (χ0n) is 18.2. The second-order valence-corrected chi connectivity index (χ2v) is 8.79. The Labute approximate surface area is 180 Å². The molecule has 2 aliphatic rings. The molecule has 0 spiro atoms. The van der Waals surface area contributed by atoms with Crippen molar-refractivity contribution in [2.45, 2.75) is 57.1 Å². The molecule has 0 radical (unpaired) electrons. The van der Waals surface area contributed by atoms with Crippen molar-refractivity contribution in [3.8, 4) is 5.75 Å². The lowest BCUT2D eigenvalue weighted by molar-refractivity contribution is 0.0542. The van der Waals surface area contributed by atoms with E-state index in [1.807, 2.05) is 6.07 Å². The fourth-order valence-electron chi connectivity index (χ4n) is 4.56. The highest BCUT2D eigenvalue weighted by Crippen LogP contribution is 2.36. The van der Waals surface area contributed by atoms with Crippen molar-refractivity contribution in [2.75, 3.05) is 38.2 Å². The van der Waals surface area contributed by atoms with Crippen molar-refractivity contribution in [1.82, 2.24) is 14.9 Å². The van der Waals surface area contributed by atoms with Gasteiger partial charge in [-0.05, 0) is 63.3 Å². The number of aromatic nitrogens is 2. The van der Waals surface area contributed by atoms with Crippen LogP contribution in [-0.4, -0.2) is 59.9 Å². The second-order valence-electron chi connectivity index (χ2n) is 8.79. The van der Waals surface area contributed by atoms with Gasteiger partial charge in [-0.15, -0.1) is 0 Å². The molecular weight excluding hydrogens is 376 g/mol. The van der Waals surface area contributed by atoms with Crippen LogP contribution >= 0.6 is 0 Å². The number of piperidine rings is 1. The monoisotopic (exact) mass is 410 g/mol. The zero-order valence-corrected chi connectivity index (χ0v) is 18.2. The summed E-state index contributed by atoms with van der Waals surface area (Å²) in [7, 11) is 0. The van der Waals surface area contributed by atoms with Crippen LogP contribution in [0.2, 0.25) is 0 Å². The molecule has 6 nitrogen and oxygen atoms in total. The molecule has 2 aromatic rings. The summed E-state index contributed by atoms with van der Waals surface area (Å²) in [6, 6.07) is 11.2. The van der Waals surface area contributed by atoms with Gasteiger partial charge in [-0.1, -0.05) is 12.1 Å². The first-order valence-electron chi connectivity index (χ1n) is 11.2. The van der Waals surface area contributed by atoms with Gasteiger partial charge < -0.3 is 19.7 Å². The summed E-state index contributed by atoms with van der Waals surface area (Å²) >= 11 is 0. The number of nitrogens with zero attached hydrogens (tertiary/aromatic N) is 3. The molecule has 0 atom stereocenters. The summed E-state index contributed by atoms with van der Waals surface area (Å²) in [5.74, 6) is 1.65. The molecule has 2 saturated heterocycles. The Morgan fingerprint density at radius 3 is 2.40 bits per heavy atom. The highest BCUT2D eigenvalue weighted by Gasteiger charge is 2.34. The molecule has 0 saturated carbocycles. The molecule has 4 rings (SSSR count). The van der Waals surface area contributed by atoms with Gasteiger partial charge in [0.1, 0.15) is 11.9 Å². The van der Waals surface area contributed by atoms with E-state index in [2.05, 4.69) is 58.3 Å². The van der Waals surface area contributed by atoms with Gasteiger partial charge >= 0.3 is 0 Å². The van der Waals surface area contributed by atoms with Crippen molar-refractivity contribution < 1.29 is 9.47 Å². The summed E-state index contributed by atoms with van der Waals surface area (Å²) in [5, 5.41) is 3.43. The smallest absolute Gasteiger partial charge is 0.222 e. The number of hydrogen-bond donors (Lipinski definition) is 1. The number of benzene rings is 1. The normalized spacial score (nSPS) is 20.2. The molecule has 162 valence electrons. The minimum Gasteiger partial charge on any atom is -0.490 e. The van der Waals surface area contributed by atoms with Gasteiger partial charge in [0.15, 0.2) is 0 Å². The Kier molecular flexibility index (Phi) is 6.85. The van der Waals surface area contributed by atoms with Gasteiger partial charge in [-0.2, -0.15) is 0 Å². The molecule has 2 aliphatic heterocycles. The maximum absolute atomic E-state index is 6.30. The predicted octanol–water partition coefficient (Wildman–Crippen LogP) is 3.89. The second kappa shape index (κ2) is 9.75. The first-order chi connectivity index (χ1) is 14.6. The molecule has 0 unspecified atom stereocenters. The average Bonchev–Trinajstić information content (AvgIpc) is 2.80. The van der Waals surface area contributed by atoms with E-state index in [0.717, 1.165) is 64.3 Å². The highest BCUT2D eigenvalue weighted by molar-refractivity contribution is 5.36. The van der Waals surface area contributed by atoms with Crippen LogP contribution in [0.5, 0.6) is 5.75 Å². The number of likely N-dealkylation sites (tertiary alicyclic amines) is 1. The minimum absolute atomic E-state index is 0.0264. The lowest BCUT2D eigenvalue weighted by Crippen LogP contribution is -2.41. The number of anilines is 1. The van der Waals surface area contributed by atoms with Crippen LogP contribution in [0.15, 0.2) is 42.7 Å². The highest BCUT2D eigenvalue weighted by atomic mass is 16.5. The van der Waals surface area contributed by atoms with E-state index < -0.39 is 0 Å². The number of rotatable bonds is 7. The Morgan fingerprint density at radius 2 is 1.77 bits per heavy atom. The molecule has 0 amide bonds. The third kappa shape index (κ3) is 5.10. The van der Waals surface area contributed by atoms with Gasteiger partial charge in [0.25, 0.3) is 0 Å². The van der Waals surface area contributed by atoms with Crippen LogP contribution < -0.4 is 10.1 Å². The van der Waals surface area contributed by atoms with Gasteiger partial charge in [-0.3, -0.25) is 0 Å². The molecule has 1 aromatic carbocycles. The van der Waals surface area contributed by atoms with E-state index >= 15 is 0 Å². The van der Waals surface area contributed by atoms with Crippen LogP contribution in [0, 0.1) is 0 Å². The quantitative estimate of drug-likeness (QED) is 0.747. The Hall–Kier alpha value is -2.18. The van der Waals surface area contributed by atoms with E-state index in [1.54, 1.807) is 12.4 Å². The summed E-state index contributed by atoms with van der Waals surface area (Å²) in [4.78, 5) is 11.1. The fourth-order valence-corrected chi connectivity index (χ4v) is 4.56. The summed E-state index contributed by atoms with van der Waals surface area (Å²) in [5.41, 5.74) is 1.36. The van der Waals surface area contributed by atoms with E-state index in [-0.39, 0.29) is 5.41 Å². The van der Waals surface area contributed by atoms with Crippen LogP contribution in [0.25, 0.3) is 0 Å². The van der Waals surface area contributed by atoms with Gasteiger partial charge in [-0.25, -0.2) is 9.97 Å². The van der Waals surface area contributed by atoms with Crippen LogP contribution in [0.4, 0.5) is 5.95 Å². The van der Waals surface area contributed by atoms with Gasteiger partial charge in [0.2, 0.25) is 5.95 Å². The Morgan fingerprint density at radius 1 is 1.10 bits per heavy atom. The van der Waals surface area contributed by atoms with Gasteiger partial charge in [0, 0.05) is 56.7 Å². The SMILES string of the molecule is CC(C)N1CCC(Oc2ccc(C3(CNc4ncccn4)CCOCC3)cc2)CC1.